The number of hydrogen-bond acceptors (Lipinski definition) is 2. The van der Waals surface area contributed by atoms with Gasteiger partial charge in [-0.2, -0.15) is 13.2 Å². The number of hydrogen-bond donors (Lipinski definition) is 1. The van der Waals surface area contributed by atoms with E-state index in [-0.39, 0.29) is 0 Å². The molecule has 1 aromatic carbocycles. The topological polar surface area (TPSA) is 35.2 Å². The van der Waals surface area contributed by atoms with E-state index < -0.39 is 17.3 Å². The lowest BCUT2D eigenvalue weighted by atomic mass is 9.83. The van der Waals surface area contributed by atoms with Crippen LogP contribution in [0.2, 0.25) is 0 Å². The van der Waals surface area contributed by atoms with E-state index in [0.29, 0.717) is 31.6 Å². The van der Waals surface area contributed by atoms with Gasteiger partial charge in [-0.3, -0.25) is 0 Å². The predicted octanol–water partition coefficient (Wildman–Crippen LogP) is 3.06. The Morgan fingerprint density at radius 1 is 1.17 bits per heavy atom. The number of benzene rings is 1. The molecule has 1 aromatic rings. The average molecular weight is 259 g/mol. The Bertz CT molecular complexity index is 409. The first-order valence-electron chi connectivity index (χ1n) is 5.96. The molecular weight excluding hydrogens is 243 g/mol. The molecule has 2 N–H and O–H groups in total. The lowest BCUT2D eigenvalue weighted by molar-refractivity contribution is -0.137. The van der Waals surface area contributed by atoms with Crippen molar-refractivity contribution in [3.05, 3.63) is 35.4 Å². The third-order valence-corrected chi connectivity index (χ3v) is 3.37. The molecule has 0 saturated carbocycles. The van der Waals surface area contributed by atoms with Gasteiger partial charge in [0.05, 0.1) is 5.56 Å². The molecule has 0 bridgehead atoms. The van der Waals surface area contributed by atoms with E-state index in [9.17, 15) is 13.2 Å². The van der Waals surface area contributed by atoms with Crippen molar-refractivity contribution in [2.45, 2.75) is 31.0 Å². The van der Waals surface area contributed by atoms with Crippen LogP contribution in [0.25, 0.3) is 0 Å². The van der Waals surface area contributed by atoms with Crippen LogP contribution in [-0.2, 0) is 16.5 Å². The van der Waals surface area contributed by atoms with Gasteiger partial charge in [0.1, 0.15) is 0 Å². The van der Waals surface area contributed by atoms with Crippen LogP contribution < -0.4 is 5.73 Å². The molecule has 1 aliphatic rings. The van der Waals surface area contributed by atoms with Crippen molar-refractivity contribution in [1.82, 2.24) is 0 Å². The lowest BCUT2D eigenvalue weighted by Crippen LogP contribution is -2.37. The van der Waals surface area contributed by atoms with Gasteiger partial charge in [0.25, 0.3) is 0 Å². The molecule has 0 spiro atoms. The van der Waals surface area contributed by atoms with Crippen LogP contribution in [0.15, 0.2) is 24.3 Å². The van der Waals surface area contributed by atoms with E-state index in [2.05, 4.69) is 0 Å². The second-order valence-corrected chi connectivity index (χ2v) is 4.70. The van der Waals surface area contributed by atoms with Gasteiger partial charge in [-0.25, -0.2) is 0 Å². The quantitative estimate of drug-likeness (QED) is 0.841. The molecule has 2 nitrogen and oxygen atoms in total. The number of halogens is 3. The van der Waals surface area contributed by atoms with Crippen LogP contribution in [-0.4, -0.2) is 13.2 Å². The minimum Gasteiger partial charge on any atom is -0.381 e. The first kappa shape index (κ1) is 13.4. The molecule has 1 saturated heterocycles. The van der Waals surface area contributed by atoms with Crippen LogP contribution in [0.5, 0.6) is 0 Å². The molecule has 0 aromatic heterocycles. The zero-order chi connectivity index (χ0) is 13.2. The number of rotatable bonds is 1. The highest BCUT2D eigenvalue weighted by Crippen LogP contribution is 2.34. The van der Waals surface area contributed by atoms with E-state index in [1.54, 1.807) is 6.07 Å². The Morgan fingerprint density at radius 2 is 1.94 bits per heavy atom. The fraction of sp³-hybridized carbons (Fsp3) is 0.538. The summed E-state index contributed by atoms with van der Waals surface area (Å²) in [4.78, 5) is 0. The van der Waals surface area contributed by atoms with Crippen molar-refractivity contribution in [3.8, 4) is 0 Å². The van der Waals surface area contributed by atoms with Crippen molar-refractivity contribution < 1.29 is 17.9 Å². The van der Waals surface area contributed by atoms with Crippen molar-refractivity contribution in [1.29, 1.82) is 0 Å². The summed E-state index contributed by atoms with van der Waals surface area (Å²) < 4.78 is 43.3. The van der Waals surface area contributed by atoms with Crippen LogP contribution in [0.4, 0.5) is 13.2 Å². The van der Waals surface area contributed by atoms with Gasteiger partial charge in [0.15, 0.2) is 0 Å². The van der Waals surface area contributed by atoms with Crippen LogP contribution in [0, 0.1) is 0 Å². The fourth-order valence-corrected chi connectivity index (χ4v) is 2.26. The van der Waals surface area contributed by atoms with Crippen LogP contribution in [0.3, 0.4) is 0 Å². The number of alkyl halides is 3. The second-order valence-electron chi connectivity index (χ2n) is 4.70. The third kappa shape index (κ3) is 2.84. The lowest BCUT2D eigenvalue weighted by Gasteiger charge is -2.28. The number of ether oxygens (including phenoxy) is 1. The van der Waals surface area contributed by atoms with E-state index in [0.717, 1.165) is 18.6 Å². The summed E-state index contributed by atoms with van der Waals surface area (Å²) in [7, 11) is 0. The summed E-state index contributed by atoms with van der Waals surface area (Å²) >= 11 is 0. The van der Waals surface area contributed by atoms with Gasteiger partial charge in [0, 0.05) is 18.8 Å². The van der Waals surface area contributed by atoms with Crippen molar-refractivity contribution >= 4 is 0 Å². The Hall–Kier alpha value is -1.07. The largest absolute Gasteiger partial charge is 0.416 e. The molecule has 2 rings (SSSR count). The second kappa shape index (κ2) is 4.90. The van der Waals surface area contributed by atoms with Gasteiger partial charge in [-0.15, -0.1) is 0 Å². The highest BCUT2D eigenvalue weighted by atomic mass is 19.4. The van der Waals surface area contributed by atoms with Crippen molar-refractivity contribution in [3.63, 3.8) is 0 Å². The standard InChI is InChI=1S/C13H16F3NO/c14-13(15,16)11-4-1-3-10(9-11)12(17)5-2-7-18-8-6-12/h1,3-4,9H,2,5-8,17H2. The molecule has 0 radical (unpaired) electrons. The van der Waals surface area contributed by atoms with E-state index in [1.165, 1.54) is 6.07 Å². The van der Waals surface area contributed by atoms with Gasteiger partial charge in [0.2, 0.25) is 0 Å². The molecule has 1 aliphatic heterocycles. The third-order valence-electron chi connectivity index (χ3n) is 3.37. The minimum atomic E-state index is -4.33. The van der Waals surface area contributed by atoms with E-state index in [4.69, 9.17) is 10.5 Å². The maximum atomic E-state index is 12.7. The average Bonchev–Trinajstić information content (AvgIpc) is 2.54. The highest BCUT2D eigenvalue weighted by Gasteiger charge is 2.34. The van der Waals surface area contributed by atoms with Crippen molar-refractivity contribution in [2.75, 3.05) is 13.2 Å². The first-order chi connectivity index (χ1) is 8.42. The monoisotopic (exact) mass is 259 g/mol. The summed E-state index contributed by atoms with van der Waals surface area (Å²) in [5.74, 6) is 0. The Balaban J connectivity index is 2.32. The highest BCUT2D eigenvalue weighted by molar-refractivity contribution is 5.31. The van der Waals surface area contributed by atoms with E-state index >= 15 is 0 Å². The summed E-state index contributed by atoms with van der Waals surface area (Å²) in [5, 5.41) is 0. The SMILES string of the molecule is NC1(c2cccc(C(F)(F)F)c2)CCCOCC1. The van der Waals surface area contributed by atoms with Crippen molar-refractivity contribution in [2.24, 2.45) is 5.73 Å². The molecular formula is C13H16F3NO. The molecule has 1 atom stereocenters. The number of nitrogens with two attached hydrogens (primary N) is 1. The minimum absolute atomic E-state index is 0.493. The molecule has 1 fully saturated rings. The van der Waals surface area contributed by atoms with Gasteiger partial charge in [-0.05, 0) is 37.0 Å². The molecule has 1 heterocycles. The molecule has 1 unspecified atom stereocenters. The molecule has 5 heteroatoms. The fourth-order valence-electron chi connectivity index (χ4n) is 2.26. The first-order valence-corrected chi connectivity index (χ1v) is 5.96. The Kier molecular flexibility index (Phi) is 3.64. The van der Waals surface area contributed by atoms with Gasteiger partial charge >= 0.3 is 6.18 Å². The Morgan fingerprint density at radius 3 is 2.67 bits per heavy atom. The van der Waals surface area contributed by atoms with Crippen LogP contribution in [0.1, 0.15) is 30.4 Å². The predicted molar refractivity (Wildman–Crippen MR) is 62.0 cm³/mol. The normalized spacial score (nSPS) is 25.8. The zero-order valence-corrected chi connectivity index (χ0v) is 9.96. The molecule has 100 valence electrons. The summed E-state index contributed by atoms with van der Waals surface area (Å²) in [6, 6.07) is 5.31. The Labute approximate surface area is 104 Å². The summed E-state index contributed by atoms with van der Waals surface area (Å²) in [6.07, 6.45) is -2.36. The molecule has 0 aliphatic carbocycles. The molecule has 0 amide bonds. The van der Waals surface area contributed by atoms with Gasteiger partial charge < -0.3 is 10.5 Å². The summed E-state index contributed by atoms with van der Waals surface area (Å²) in [5.41, 5.74) is 5.44. The maximum Gasteiger partial charge on any atom is 0.416 e. The van der Waals surface area contributed by atoms with E-state index in [1.807, 2.05) is 0 Å². The van der Waals surface area contributed by atoms with Gasteiger partial charge in [-0.1, -0.05) is 12.1 Å². The molecule has 18 heavy (non-hydrogen) atoms. The zero-order valence-electron chi connectivity index (χ0n) is 9.96. The smallest absolute Gasteiger partial charge is 0.381 e. The maximum absolute atomic E-state index is 12.7. The summed E-state index contributed by atoms with van der Waals surface area (Å²) in [6.45, 7) is 1.12. The van der Waals surface area contributed by atoms with Crippen LogP contribution >= 0.6 is 0 Å².